The lowest BCUT2D eigenvalue weighted by Gasteiger charge is -2.18. The highest BCUT2D eigenvalue weighted by molar-refractivity contribution is 6.71. The summed E-state index contributed by atoms with van der Waals surface area (Å²) in [7, 11) is 0.497. The average molecular weight is 159 g/mol. The molecule has 0 aliphatic carbocycles. The second kappa shape index (κ2) is 4.63. The van der Waals surface area contributed by atoms with Crippen LogP contribution in [0.25, 0.3) is 0 Å². The van der Waals surface area contributed by atoms with Crippen LogP contribution in [-0.2, 0) is 4.43 Å². The standard InChI is InChI=1S/C7H17NOSi/c1-8-6-5-7-10(3,4)9-2/h1,5-7H2,2-4H3. The molecule has 0 aliphatic heterocycles. The number of nitrogens with zero attached hydrogens (tertiary/aromatic N) is 1. The van der Waals surface area contributed by atoms with E-state index in [-0.39, 0.29) is 0 Å². The van der Waals surface area contributed by atoms with Gasteiger partial charge in [0.25, 0.3) is 0 Å². The molecule has 0 spiro atoms. The molecule has 0 amide bonds. The van der Waals surface area contributed by atoms with Gasteiger partial charge in [0.1, 0.15) is 0 Å². The first-order chi connectivity index (χ1) is 4.62. The average Bonchev–Trinajstić information content (AvgIpc) is 1.89. The van der Waals surface area contributed by atoms with Crippen LogP contribution < -0.4 is 0 Å². The normalized spacial score (nSPS) is 11.5. The fourth-order valence-corrected chi connectivity index (χ4v) is 1.93. The molecule has 0 rings (SSSR count). The molecule has 0 unspecified atom stereocenters. The van der Waals surface area contributed by atoms with Crippen molar-refractivity contribution in [1.29, 1.82) is 0 Å². The van der Waals surface area contributed by atoms with E-state index in [1.54, 1.807) is 7.11 Å². The summed E-state index contributed by atoms with van der Waals surface area (Å²) in [6, 6.07) is 1.18. The van der Waals surface area contributed by atoms with Gasteiger partial charge in [-0.05, 0) is 32.3 Å². The molecular weight excluding hydrogens is 142 g/mol. The maximum absolute atomic E-state index is 5.36. The van der Waals surface area contributed by atoms with Gasteiger partial charge in [-0.3, -0.25) is 0 Å². The minimum Gasteiger partial charge on any atom is -0.420 e. The first-order valence-corrected chi connectivity index (χ1v) is 6.71. The molecule has 0 saturated carbocycles. The second-order valence-electron chi connectivity index (χ2n) is 3.01. The zero-order valence-electron chi connectivity index (χ0n) is 7.18. The largest absolute Gasteiger partial charge is 0.420 e. The van der Waals surface area contributed by atoms with E-state index in [0.29, 0.717) is 0 Å². The van der Waals surface area contributed by atoms with Crippen LogP contribution in [0.3, 0.4) is 0 Å². The second-order valence-corrected chi connectivity index (χ2v) is 7.44. The molecule has 0 aromatic rings. The summed E-state index contributed by atoms with van der Waals surface area (Å²) < 4.78 is 5.36. The lowest BCUT2D eigenvalue weighted by molar-refractivity contribution is 0.402. The van der Waals surface area contributed by atoms with Gasteiger partial charge in [0, 0.05) is 13.7 Å². The van der Waals surface area contributed by atoms with Gasteiger partial charge in [0.15, 0.2) is 8.32 Å². The van der Waals surface area contributed by atoms with E-state index in [4.69, 9.17) is 4.43 Å². The summed E-state index contributed by atoms with van der Waals surface area (Å²) >= 11 is 0. The van der Waals surface area contributed by atoms with Crippen molar-refractivity contribution >= 4 is 15.0 Å². The van der Waals surface area contributed by atoms with E-state index >= 15 is 0 Å². The number of aliphatic imine (C=N–C) groups is 1. The maximum atomic E-state index is 5.36. The lowest BCUT2D eigenvalue weighted by atomic mass is 10.5. The fraction of sp³-hybridized carbons (Fsp3) is 0.857. The first kappa shape index (κ1) is 9.85. The van der Waals surface area contributed by atoms with Crippen LogP contribution in [0.4, 0.5) is 0 Å². The van der Waals surface area contributed by atoms with E-state index in [9.17, 15) is 0 Å². The summed E-state index contributed by atoms with van der Waals surface area (Å²) in [4.78, 5) is 3.79. The Morgan fingerprint density at radius 3 is 2.50 bits per heavy atom. The van der Waals surface area contributed by atoms with Crippen molar-refractivity contribution in [1.82, 2.24) is 0 Å². The Balaban J connectivity index is 3.36. The minimum atomic E-state index is -1.30. The fourth-order valence-electron chi connectivity index (χ4n) is 0.719. The Morgan fingerprint density at radius 2 is 2.10 bits per heavy atom. The van der Waals surface area contributed by atoms with Gasteiger partial charge in [-0.1, -0.05) is 0 Å². The summed E-state index contributed by atoms with van der Waals surface area (Å²) in [5, 5.41) is 0. The molecule has 3 heteroatoms. The third-order valence-electron chi connectivity index (χ3n) is 1.65. The maximum Gasteiger partial charge on any atom is 0.186 e. The van der Waals surface area contributed by atoms with E-state index < -0.39 is 8.32 Å². The Kier molecular flexibility index (Phi) is 4.56. The topological polar surface area (TPSA) is 21.6 Å². The molecule has 0 atom stereocenters. The van der Waals surface area contributed by atoms with Gasteiger partial charge in [-0.2, -0.15) is 0 Å². The molecule has 2 nitrogen and oxygen atoms in total. The van der Waals surface area contributed by atoms with E-state index in [0.717, 1.165) is 13.0 Å². The Hall–Kier alpha value is -0.153. The smallest absolute Gasteiger partial charge is 0.186 e. The molecule has 0 saturated heterocycles. The molecule has 0 fully saturated rings. The van der Waals surface area contributed by atoms with Crippen LogP contribution in [0, 0.1) is 0 Å². The van der Waals surface area contributed by atoms with Gasteiger partial charge >= 0.3 is 0 Å². The monoisotopic (exact) mass is 159 g/mol. The SMILES string of the molecule is C=NCCC[Si](C)(C)OC. The zero-order chi connectivity index (χ0) is 8.04. The van der Waals surface area contributed by atoms with Crippen molar-refractivity contribution in [2.45, 2.75) is 25.6 Å². The number of hydrogen-bond donors (Lipinski definition) is 0. The summed E-state index contributed by atoms with van der Waals surface area (Å²) in [6.45, 7) is 8.74. The molecule has 10 heavy (non-hydrogen) atoms. The van der Waals surface area contributed by atoms with Crippen molar-refractivity contribution in [3.8, 4) is 0 Å². The van der Waals surface area contributed by atoms with Crippen molar-refractivity contribution in [2.24, 2.45) is 4.99 Å². The van der Waals surface area contributed by atoms with E-state index in [1.807, 2.05) is 0 Å². The molecule has 60 valence electrons. The van der Waals surface area contributed by atoms with Gasteiger partial charge in [-0.15, -0.1) is 0 Å². The van der Waals surface area contributed by atoms with Crippen molar-refractivity contribution < 1.29 is 4.43 Å². The first-order valence-electron chi connectivity index (χ1n) is 3.60. The highest BCUT2D eigenvalue weighted by Gasteiger charge is 2.18. The predicted octanol–water partition coefficient (Wildman–Crippen LogP) is 1.93. The quantitative estimate of drug-likeness (QED) is 0.341. The molecule has 0 aromatic heterocycles. The number of hydrogen-bond acceptors (Lipinski definition) is 2. The minimum absolute atomic E-state index is 0.875. The van der Waals surface area contributed by atoms with Crippen LogP contribution in [0.15, 0.2) is 4.99 Å². The van der Waals surface area contributed by atoms with Crippen LogP contribution in [0.1, 0.15) is 6.42 Å². The predicted molar refractivity (Wildman–Crippen MR) is 48.3 cm³/mol. The van der Waals surface area contributed by atoms with Crippen molar-refractivity contribution in [3.63, 3.8) is 0 Å². The van der Waals surface area contributed by atoms with Crippen LogP contribution in [0.5, 0.6) is 0 Å². The molecular formula is C7H17NOSi. The Bertz CT molecular complexity index is 104. The molecule has 0 bridgehead atoms. The number of rotatable bonds is 5. The van der Waals surface area contributed by atoms with Crippen molar-refractivity contribution in [2.75, 3.05) is 13.7 Å². The molecule has 0 N–H and O–H groups in total. The lowest BCUT2D eigenvalue weighted by Crippen LogP contribution is -2.28. The van der Waals surface area contributed by atoms with Crippen LogP contribution in [0.2, 0.25) is 19.1 Å². The Morgan fingerprint density at radius 1 is 1.50 bits per heavy atom. The zero-order valence-corrected chi connectivity index (χ0v) is 8.18. The van der Waals surface area contributed by atoms with Gasteiger partial charge in [-0.25, -0.2) is 0 Å². The summed E-state index contributed by atoms with van der Waals surface area (Å²) in [5.41, 5.74) is 0. The van der Waals surface area contributed by atoms with E-state index in [1.165, 1.54) is 6.04 Å². The highest BCUT2D eigenvalue weighted by Crippen LogP contribution is 2.11. The summed E-state index contributed by atoms with van der Waals surface area (Å²) in [6.07, 6.45) is 1.12. The van der Waals surface area contributed by atoms with E-state index in [2.05, 4.69) is 24.8 Å². The van der Waals surface area contributed by atoms with Crippen LogP contribution >= 0.6 is 0 Å². The highest BCUT2D eigenvalue weighted by atomic mass is 28.4. The van der Waals surface area contributed by atoms with Gasteiger partial charge in [0.2, 0.25) is 0 Å². The molecule has 0 aromatic carbocycles. The summed E-state index contributed by atoms with van der Waals surface area (Å²) in [5.74, 6) is 0. The third-order valence-corrected chi connectivity index (χ3v) is 4.31. The third kappa shape index (κ3) is 4.70. The van der Waals surface area contributed by atoms with Gasteiger partial charge in [0.05, 0.1) is 0 Å². The van der Waals surface area contributed by atoms with Crippen molar-refractivity contribution in [3.05, 3.63) is 0 Å². The van der Waals surface area contributed by atoms with Gasteiger partial charge < -0.3 is 9.42 Å². The Labute approximate surface area is 64.4 Å². The molecule has 0 radical (unpaired) electrons. The van der Waals surface area contributed by atoms with Crippen LogP contribution in [-0.4, -0.2) is 28.7 Å². The molecule has 0 heterocycles. The molecule has 0 aliphatic rings.